The molecule has 1 aliphatic carbocycles. The van der Waals surface area contributed by atoms with E-state index in [-0.39, 0.29) is 5.41 Å². The first kappa shape index (κ1) is 33.2. The molecule has 11 rings (SSSR count). The van der Waals surface area contributed by atoms with Crippen molar-refractivity contribution in [3.05, 3.63) is 205 Å². The van der Waals surface area contributed by atoms with Crippen molar-refractivity contribution in [1.82, 2.24) is 9.97 Å². The molecular formula is C55H38N2. The normalized spacial score (nSPS) is 12.9. The summed E-state index contributed by atoms with van der Waals surface area (Å²) in [4.78, 5) is 10.4. The van der Waals surface area contributed by atoms with E-state index >= 15 is 0 Å². The van der Waals surface area contributed by atoms with Gasteiger partial charge in [-0.1, -0.05) is 202 Å². The third kappa shape index (κ3) is 5.33. The Morgan fingerprint density at radius 2 is 0.860 bits per heavy atom. The summed E-state index contributed by atoms with van der Waals surface area (Å²) in [5, 5.41) is 7.33. The van der Waals surface area contributed by atoms with Gasteiger partial charge in [0.15, 0.2) is 5.82 Å². The summed E-state index contributed by atoms with van der Waals surface area (Å²) in [6.07, 6.45) is 0. The standard InChI is InChI=1S/C55H38N2/c1-55(2)49-33-30-36-15-7-9-20-42(36)52(49)48-25-13-23-43(53(48)55)38-28-26-37(27-29-38)41-31-32-47(45-22-11-10-21-44(41)45)51-34-50(56-54(57-51)39-16-4-3-5-17-39)46-24-12-18-35-14-6-8-19-40(35)46/h3-34H,1-2H3. The number of hydrogen-bond acceptors (Lipinski definition) is 2. The van der Waals surface area contributed by atoms with Crippen LogP contribution in [0.5, 0.6) is 0 Å². The SMILES string of the molecule is CC1(C)c2ccc3ccccc3c2-c2cccc(-c3ccc(-c4ccc(-c5cc(-c6cccc7ccccc67)nc(-c6ccccc6)n5)c5ccccc45)cc3)c21. The maximum atomic E-state index is 5.24. The molecule has 0 atom stereocenters. The quantitative estimate of drug-likeness (QED) is 0.176. The van der Waals surface area contributed by atoms with E-state index in [4.69, 9.17) is 9.97 Å². The first-order valence-corrected chi connectivity index (χ1v) is 19.7. The highest BCUT2D eigenvalue weighted by atomic mass is 14.9. The molecule has 10 aromatic rings. The average molecular weight is 727 g/mol. The predicted octanol–water partition coefficient (Wildman–Crippen LogP) is 14.6. The predicted molar refractivity (Wildman–Crippen MR) is 239 cm³/mol. The summed E-state index contributed by atoms with van der Waals surface area (Å²) in [6.45, 7) is 4.76. The zero-order valence-corrected chi connectivity index (χ0v) is 31.9. The van der Waals surface area contributed by atoms with Gasteiger partial charge in [-0.2, -0.15) is 0 Å². The van der Waals surface area contributed by atoms with Crippen molar-refractivity contribution in [1.29, 1.82) is 0 Å². The van der Waals surface area contributed by atoms with Crippen LogP contribution < -0.4 is 0 Å². The van der Waals surface area contributed by atoms with Crippen LogP contribution in [0.15, 0.2) is 194 Å². The summed E-state index contributed by atoms with van der Waals surface area (Å²) >= 11 is 0. The minimum absolute atomic E-state index is 0.120. The summed E-state index contributed by atoms with van der Waals surface area (Å²) in [7, 11) is 0. The highest BCUT2D eigenvalue weighted by Crippen LogP contribution is 2.54. The van der Waals surface area contributed by atoms with E-state index < -0.39 is 0 Å². The van der Waals surface area contributed by atoms with E-state index in [1.54, 1.807) is 0 Å². The Labute approximate surface area is 332 Å². The topological polar surface area (TPSA) is 25.8 Å². The Hall–Kier alpha value is -7.16. The van der Waals surface area contributed by atoms with Gasteiger partial charge in [-0.25, -0.2) is 9.97 Å². The van der Waals surface area contributed by atoms with Crippen molar-refractivity contribution in [2.45, 2.75) is 19.3 Å². The number of hydrogen-bond donors (Lipinski definition) is 0. The van der Waals surface area contributed by atoms with Gasteiger partial charge in [-0.3, -0.25) is 0 Å². The molecule has 57 heavy (non-hydrogen) atoms. The molecule has 0 N–H and O–H groups in total. The van der Waals surface area contributed by atoms with Gasteiger partial charge in [0.1, 0.15) is 0 Å². The van der Waals surface area contributed by atoms with E-state index in [1.807, 2.05) is 18.2 Å². The Balaban J connectivity index is 1.02. The molecular weight excluding hydrogens is 689 g/mol. The van der Waals surface area contributed by atoms with Gasteiger partial charge < -0.3 is 0 Å². The highest BCUT2D eigenvalue weighted by Gasteiger charge is 2.38. The third-order valence-corrected chi connectivity index (χ3v) is 12.1. The van der Waals surface area contributed by atoms with Crippen molar-refractivity contribution in [3.63, 3.8) is 0 Å². The lowest BCUT2D eigenvalue weighted by atomic mass is 9.78. The molecule has 2 nitrogen and oxygen atoms in total. The van der Waals surface area contributed by atoms with Gasteiger partial charge in [0.2, 0.25) is 0 Å². The van der Waals surface area contributed by atoms with Crippen LogP contribution in [0.3, 0.4) is 0 Å². The Bertz CT molecular complexity index is 3190. The second-order valence-electron chi connectivity index (χ2n) is 15.7. The van der Waals surface area contributed by atoms with Crippen LogP contribution in [0.2, 0.25) is 0 Å². The fraction of sp³-hybridized carbons (Fsp3) is 0.0545. The summed E-state index contributed by atoms with van der Waals surface area (Å²) in [5.41, 5.74) is 15.3. The fourth-order valence-electron chi connectivity index (χ4n) is 9.38. The molecule has 268 valence electrons. The Kier molecular flexibility index (Phi) is 7.55. The molecule has 0 bridgehead atoms. The van der Waals surface area contributed by atoms with Gasteiger partial charge in [0.25, 0.3) is 0 Å². The van der Waals surface area contributed by atoms with Crippen LogP contribution >= 0.6 is 0 Å². The van der Waals surface area contributed by atoms with E-state index in [9.17, 15) is 0 Å². The summed E-state index contributed by atoms with van der Waals surface area (Å²) in [5.74, 6) is 0.714. The smallest absolute Gasteiger partial charge is 0.160 e. The van der Waals surface area contributed by atoms with Gasteiger partial charge in [0.05, 0.1) is 11.4 Å². The molecule has 9 aromatic carbocycles. The fourth-order valence-corrected chi connectivity index (χ4v) is 9.38. The number of fused-ring (bicyclic) bond motifs is 7. The molecule has 1 aromatic heterocycles. The summed E-state index contributed by atoms with van der Waals surface area (Å²) < 4.78 is 0. The Morgan fingerprint density at radius 1 is 0.351 bits per heavy atom. The van der Waals surface area contributed by atoms with Crippen LogP contribution in [0.1, 0.15) is 25.0 Å². The van der Waals surface area contributed by atoms with E-state index in [0.717, 1.165) is 33.5 Å². The first-order chi connectivity index (χ1) is 28.0. The molecule has 0 aliphatic heterocycles. The molecule has 0 radical (unpaired) electrons. The second kappa shape index (κ2) is 13.0. The van der Waals surface area contributed by atoms with Crippen LogP contribution in [0.25, 0.3) is 99.6 Å². The van der Waals surface area contributed by atoms with E-state index in [1.165, 1.54) is 71.4 Å². The minimum Gasteiger partial charge on any atom is -0.228 e. The maximum absolute atomic E-state index is 5.24. The number of aromatic nitrogens is 2. The van der Waals surface area contributed by atoms with Gasteiger partial charge in [-0.05, 0) is 82.9 Å². The monoisotopic (exact) mass is 726 g/mol. The molecule has 1 heterocycles. The molecule has 0 saturated heterocycles. The Morgan fingerprint density at radius 3 is 1.60 bits per heavy atom. The lowest BCUT2D eigenvalue weighted by Gasteiger charge is -2.24. The lowest BCUT2D eigenvalue weighted by Crippen LogP contribution is -2.16. The van der Waals surface area contributed by atoms with Crippen molar-refractivity contribution in [2.24, 2.45) is 0 Å². The molecule has 0 spiro atoms. The first-order valence-electron chi connectivity index (χ1n) is 19.7. The number of rotatable bonds is 5. The van der Waals surface area contributed by atoms with E-state index in [2.05, 4.69) is 190 Å². The average Bonchev–Trinajstić information content (AvgIpc) is 3.52. The number of benzene rings is 9. The molecule has 0 saturated carbocycles. The number of nitrogens with zero attached hydrogens (tertiary/aromatic N) is 2. The molecule has 0 amide bonds. The third-order valence-electron chi connectivity index (χ3n) is 12.1. The van der Waals surface area contributed by atoms with Crippen LogP contribution in [-0.4, -0.2) is 9.97 Å². The van der Waals surface area contributed by atoms with Crippen molar-refractivity contribution in [3.8, 4) is 67.3 Å². The van der Waals surface area contributed by atoms with Crippen molar-refractivity contribution >= 4 is 32.3 Å². The van der Waals surface area contributed by atoms with E-state index in [0.29, 0.717) is 5.82 Å². The zero-order chi connectivity index (χ0) is 38.1. The summed E-state index contributed by atoms with van der Waals surface area (Å²) in [6, 6.07) is 70.1. The molecule has 0 unspecified atom stereocenters. The minimum atomic E-state index is -0.120. The highest BCUT2D eigenvalue weighted by molar-refractivity contribution is 6.06. The largest absolute Gasteiger partial charge is 0.228 e. The van der Waals surface area contributed by atoms with Gasteiger partial charge >= 0.3 is 0 Å². The van der Waals surface area contributed by atoms with Gasteiger partial charge in [0, 0.05) is 22.1 Å². The maximum Gasteiger partial charge on any atom is 0.160 e. The molecule has 0 fully saturated rings. The zero-order valence-electron chi connectivity index (χ0n) is 31.9. The van der Waals surface area contributed by atoms with Crippen LogP contribution in [0.4, 0.5) is 0 Å². The second-order valence-corrected chi connectivity index (χ2v) is 15.7. The van der Waals surface area contributed by atoms with Crippen molar-refractivity contribution < 1.29 is 0 Å². The van der Waals surface area contributed by atoms with Gasteiger partial charge in [-0.15, -0.1) is 0 Å². The van der Waals surface area contributed by atoms with Crippen molar-refractivity contribution in [2.75, 3.05) is 0 Å². The molecule has 1 aliphatic rings. The molecule has 2 heteroatoms. The lowest BCUT2D eigenvalue weighted by molar-refractivity contribution is 0.662. The van der Waals surface area contributed by atoms with Crippen LogP contribution in [-0.2, 0) is 5.41 Å². The van der Waals surface area contributed by atoms with Crippen LogP contribution in [0, 0.1) is 0 Å².